The first kappa shape index (κ1) is 15.5. The van der Waals surface area contributed by atoms with E-state index < -0.39 is 5.97 Å². The van der Waals surface area contributed by atoms with Crippen molar-refractivity contribution >= 4 is 22.6 Å². The fraction of sp³-hybridized carbons (Fsp3) is 0.389. The number of carboxylic acid groups (broad SMARTS) is 1. The molecule has 0 saturated carbocycles. The van der Waals surface area contributed by atoms with Gasteiger partial charge in [-0.05, 0) is 36.6 Å². The van der Waals surface area contributed by atoms with Gasteiger partial charge in [0.2, 0.25) is 0 Å². The fourth-order valence-corrected chi connectivity index (χ4v) is 3.25. The van der Waals surface area contributed by atoms with Gasteiger partial charge in [0.1, 0.15) is 5.69 Å². The molecule has 120 valence electrons. The molecule has 5 heteroatoms. The smallest absolute Gasteiger partial charge is 0.303 e. The molecule has 1 amide bonds. The number of aromatic nitrogens is 1. The van der Waals surface area contributed by atoms with Crippen LogP contribution in [0.5, 0.6) is 0 Å². The quantitative estimate of drug-likeness (QED) is 0.942. The lowest BCUT2D eigenvalue weighted by Gasteiger charge is -2.32. The maximum Gasteiger partial charge on any atom is 0.303 e. The minimum atomic E-state index is -0.774. The van der Waals surface area contributed by atoms with Gasteiger partial charge in [-0.15, -0.1) is 0 Å². The summed E-state index contributed by atoms with van der Waals surface area (Å²) in [6, 6.07) is 9.64. The van der Waals surface area contributed by atoms with Crippen molar-refractivity contribution in [2.24, 2.45) is 5.92 Å². The van der Waals surface area contributed by atoms with Gasteiger partial charge in [0, 0.05) is 31.1 Å². The van der Waals surface area contributed by atoms with Crippen molar-refractivity contribution < 1.29 is 14.7 Å². The molecule has 0 aliphatic carbocycles. The number of carbonyl (C=O) groups excluding carboxylic acids is 1. The van der Waals surface area contributed by atoms with Crippen LogP contribution in [-0.4, -0.2) is 40.0 Å². The Hall–Kier alpha value is -2.43. The molecule has 1 aromatic carbocycles. The maximum atomic E-state index is 12.8. The van der Waals surface area contributed by atoms with Crippen LogP contribution in [0.4, 0.5) is 0 Å². The van der Waals surface area contributed by atoms with E-state index in [0.717, 1.165) is 23.6 Å². The van der Waals surface area contributed by atoms with Crippen LogP contribution in [0.15, 0.2) is 36.5 Å². The lowest BCUT2D eigenvalue weighted by Crippen LogP contribution is -2.40. The Morgan fingerprint density at radius 1 is 1.26 bits per heavy atom. The summed E-state index contributed by atoms with van der Waals surface area (Å²) in [5, 5.41) is 10.7. The van der Waals surface area contributed by atoms with E-state index in [0.29, 0.717) is 25.2 Å². The van der Waals surface area contributed by atoms with Gasteiger partial charge in [-0.3, -0.25) is 14.6 Å². The van der Waals surface area contributed by atoms with E-state index >= 15 is 0 Å². The fourth-order valence-electron chi connectivity index (χ4n) is 3.25. The molecule has 2 heterocycles. The summed E-state index contributed by atoms with van der Waals surface area (Å²) in [6.45, 7) is 1.34. The van der Waals surface area contributed by atoms with Crippen molar-refractivity contribution in [1.82, 2.24) is 9.88 Å². The summed E-state index contributed by atoms with van der Waals surface area (Å²) >= 11 is 0. The molecule has 1 aliphatic rings. The SMILES string of the molecule is O=C(O)CC[C@H]1CCCN(C(=O)c2nccc3ccccc23)C1. The molecule has 0 spiro atoms. The van der Waals surface area contributed by atoms with Crippen molar-refractivity contribution in [2.75, 3.05) is 13.1 Å². The number of benzene rings is 1. The second-order valence-electron chi connectivity index (χ2n) is 6.07. The Labute approximate surface area is 134 Å². The van der Waals surface area contributed by atoms with Gasteiger partial charge in [-0.25, -0.2) is 0 Å². The molecule has 1 saturated heterocycles. The van der Waals surface area contributed by atoms with Crippen molar-refractivity contribution in [1.29, 1.82) is 0 Å². The highest BCUT2D eigenvalue weighted by molar-refractivity contribution is 6.05. The molecule has 5 nitrogen and oxygen atoms in total. The summed E-state index contributed by atoms with van der Waals surface area (Å²) in [4.78, 5) is 29.7. The monoisotopic (exact) mass is 312 g/mol. The van der Waals surface area contributed by atoms with Gasteiger partial charge < -0.3 is 10.0 Å². The molecule has 1 N–H and O–H groups in total. The number of hydrogen-bond donors (Lipinski definition) is 1. The molecule has 0 bridgehead atoms. The van der Waals surface area contributed by atoms with E-state index in [1.807, 2.05) is 35.2 Å². The van der Waals surface area contributed by atoms with Crippen LogP contribution in [-0.2, 0) is 4.79 Å². The Balaban J connectivity index is 1.77. The molecular weight excluding hydrogens is 292 g/mol. The molecule has 0 unspecified atom stereocenters. The molecule has 3 rings (SSSR count). The van der Waals surface area contributed by atoms with Crippen LogP contribution < -0.4 is 0 Å². The molecule has 2 aromatic rings. The average Bonchev–Trinajstić information content (AvgIpc) is 2.59. The number of fused-ring (bicyclic) bond motifs is 1. The highest BCUT2D eigenvalue weighted by Crippen LogP contribution is 2.24. The second-order valence-corrected chi connectivity index (χ2v) is 6.07. The summed E-state index contributed by atoms with van der Waals surface area (Å²) in [7, 11) is 0. The zero-order valence-electron chi connectivity index (χ0n) is 12.9. The van der Waals surface area contributed by atoms with E-state index in [-0.39, 0.29) is 18.2 Å². The number of carboxylic acids is 1. The van der Waals surface area contributed by atoms with E-state index in [9.17, 15) is 9.59 Å². The maximum absolute atomic E-state index is 12.8. The zero-order chi connectivity index (χ0) is 16.2. The van der Waals surface area contributed by atoms with Crippen LogP contribution in [0.3, 0.4) is 0 Å². The predicted octanol–water partition coefficient (Wildman–Crippen LogP) is 2.95. The van der Waals surface area contributed by atoms with Crippen LogP contribution in [0.25, 0.3) is 10.8 Å². The van der Waals surface area contributed by atoms with Gasteiger partial charge in [0.25, 0.3) is 5.91 Å². The Bertz CT molecular complexity index is 724. The third kappa shape index (κ3) is 3.50. The minimum Gasteiger partial charge on any atom is -0.481 e. The Morgan fingerprint density at radius 2 is 2.09 bits per heavy atom. The minimum absolute atomic E-state index is 0.0539. The first-order valence-electron chi connectivity index (χ1n) is 8.00. The topological polar surface area (TPSA) is 70.5 Å². The first-order valence-corrected chi connectivity index (χ1v) is 8.00. The van der Waals surface area contributed by atoms with E-state index in [1.54, 1.807) is 6.20 Å². The third-order valence-corrected chi connectivity index (χ3v) is 4.45. The van der Waals surface area contributed by atoms with Gasteiger partial charge >= 0.3 is 5.97 Å². The predicted molar refractivity (Wildman–Crippen MR) is 87.2 cm³/mol. The number of aliphatic carboxylic acids is 1. The number of pyridine rings is 1. The third-order valence-electron chi connectivity index (χ3n) is 4.45. The first-order chi connectivity index (χ1) is 11.1. The van der Waals surface area contributed by atoms with Crippen molar-refractivity contribution in [3.05, 3.63) is 42.2 Å². The van der Waals surface area contributed by atoms with Gasteiger partial charge in [-0.2, -0.15) is 0 Å². The Morgan fingerprint density at radius 3 is 2.91 bits per heavy atom. The number of rotatable bonds is 4. The standard InChI is InChI=1S/C18H20N2O3/c21-16(22)8-7-13-4-3-11-20(12-13)18(23)17-15-6-2-1-5-14(15)9-10-19-17/h1-2,5-6,9-10,13H,3-4,7-8,11-12H2,(H,21,22)/t13-/m1/s1. The molecule has 1 fully saturated rings. The van der Waals surface area contributed by atoms with Gasteiger partial charge in [0.15, 0.2) is 0 Å². The van der Waals surface area contributed by atoms with E-state index in [2.05, 4.69) is 4.98 Å². The van der Waals surface area contributed by atoms with Crippen LogP contribution in [0.2, 0.25) is 0 Å². The molecule has 1 atom stereocenters. The largest absolute Gasteiger partial charge is 0.481 e. The number of piperidine rings is 1. The lowest BCUT2D eigenvalue weighted by molar-refractivity contribution is -0.137. The molecule has 23 heavy (non-hydrogen) atoms. The molecule has 1 aliphatic heterocycles. The highest BCUT2D eigenvalue weighted by atomic mass is 16.4. The van der Waals surface area contributed by atoms with Gasteiger partial charge in [0.05, 0.1) is 0 Å². The average molecular weight is 312 g/mol. The summed E-state index contributed by atoms with van der Waals surface area (Å²) in [5.74, 6) is -0.565. The number of likely N-dealkylation sites (tertiary alicyclic amines) is 1. The number of carbonyl (C=O) groups is 2. The van der Waals surface area contributed by atoms with E-state index in [4.69, 9.17) is 5.11 Å². The van der Waals surface area contributed by atoms with E-state index in [1.165, 1.54) is 0 Å². The van der Waals surface area contributed by atoms with Crippen molar-refractivity contribution in [2.45, 2.75) is 25.7 Å². The number of amides is 1. The normalized spacial score (nSPS) is 18.1. The van der Waals surface area contributed by atoms with Crippen molar-refractivity contribution in [3.63, 3.8) is 0 Å². The number of hydrogen-bond acceptors (Lipinski definition) is 3. The summed E-state index contributed by atoms with van der Waals surface area (Å²) < 4.78 is 0. The van der Waals surface area contributed by atoms with Crippen molar-refractivity contribution in [3.8, 4) is 0 Å². The summed E-state index contributed by atoms with van der Waals surface area (Å²) in [5.41, 5.74) is 0.488. The molecule has 0 radical (unpaired) electrons. The van der Waals surface area contributed by atoms with Crippen LogP contribution in [0.1, 0.15) is 36.2 Å². The summed E-state index contributed by atoms with van der Waals surface area (Å²) in [6.07, 6.45) is 4.36. The van der Waals surface area contributed by atoms with Crippen LogP contribution in [0, 0.1) is 5.92 Å². The zero-order valence-corrected chi connectivity index (χ0v) is 12.9. The molecule has 1 aromatic heterocycles. The second kappa shape index (κ2) is 6.77. The Kier molecular flexibility index (Phi) is 4.55. The lowest BCUT2D eigenvalue weighted by atomic mass is 9.93. The van der Waals surface area contributed by atoms with Crippen LogP contribution >= 0.6 is 0 Å². The highest BCUT2D eigenvalue weighted by Gasteiger charge is 2.26. The van der Waals surface area contributed by atoms with Gasteiger partial charge in [-0.1, -0.05) is 24.3 Å². The number of nitrogens with zero attached hydrogens (tertiary/aromatic N) is 2. The molecular formula is C18H20N2O3.